The molecule has 1 aromatic heterocycles. The largest absolute Gasteiger partial charge is 0.394 e. The number of aromatic amines is 1. The lowest BCUT2D eigenvalue weighted by Gasteiger charge is -2.24. The van der Waals surface area contributed by atoms with E-state index in [0.29, 0.717) is 28.5 Å². The molecule has 45 heavy (non-hydrogen) atoms. The number of H-pyrrole nitrogens is 1. The van der Waals surface area contributed by atoms with Gasteiger partial charge in [-0.05, 0) is 23.6 Å². The molecule has 3 aromatic carbocycles. The number of amides is 3. The number of hydrogen-bond donors (Lipinski definition) is 7. The molecule has 0 unspecified atom stereocenters. The third-order valence-corrected chi connectivity index (χ3v) is 7.28. The van der Waals surface area contributed by atoms with Crippen LogP contribution in [0.2, 0.25) is 0 Å². The summed E-state index contributed by atoms with van der Waals surface area (Å²) >= 11 is 0. The van der Waals surface area contributed by atoms with Gasteiger partial charge in [0.05, 0.1) is 19.3 Å². The van der Waals surface area contributed by atoms with E-state index in [0.717, 1.165) is 10.9 Å². The Labute approximate surface area is 259 Å². The van der Waals surface area contributed by atoms with E-state index in [4.69, 9.17) is 5.73 Å². The topological polar surface area (TPSA) is 204 Å². The van der Waals surface area contributed by atoms with E-state index in [-0.39, 0.29) is 18.6 Å². The fourth-order valence-corrected chi connectivity index (χ4v) is 4.78. The van der Waals surface area contributed by atoms with E-state index < -0.39 is 55.1 Å². The van der Waals surface area contributed by atoms with Crippen LogP contribution in [0.25, 0.3) is 10.9 Å². The van der Waals surface area contributed by atoms with Crippen LogP contribution < -0.4 is 21.7 Å². The summed E-state index contributed by atoms with van der Waals surface area (Å²) in [6.07, 6.45) is 2.16. The molecule has 0 aliphatic heterocycles. The number of hydrogen-bond acceptors (Lipinski definition) is 8. The van der Waals surface area contributed by atoms with Crippen molar-refractivity contribution < 1.29 is 34.2 Å². The number of nitrogens with two attached hydrogens (primary N) is 1. The summed E-state index contributed by atoms with van der Waals surface area (Å²) in [6, 6.07) is 17.9. The second-order valence-electron chi connectivity index (χ2n) is 10.5. The number of nitrogens with one attached hydrogen (secondary N) is 4. The van der Waals surface area contributed by atoms with Crippen molar-refractivity contribution in [3.8, 4) is 0 Å². The average Bonchev–Trinajstić information content (AvgIpc) is 3.48. The third kappa shape index (κ3) is 8.48. The number of aliphatic hydroxyl groups is 2. The number of fused-ring (bicyclic) bond motifs is 1. The van der Waals surface area contributed by atoms with Gasteiger partial charge < -0.3 is 41.7 Å². The van der Waals surface area contributed by atoms with Crippen molar-refractivity contribution in [2.24, 2.45) is 5.73 Å². The monoisotopic (exact) mass is 613 g/mol. The maximum Gasteiger partial charge on any atom is 0.245 e. The summed E-state index contributed by atoms with van der Waals surface area (Å²) < 4.78 is 0. The molecule has 234 valence electrons. The first-order valence-corrected chi connectivity index (χ1v) is 14.3. The highest BCUT2D eigenvalue weighted by Gasteiger charge is 2.29. The molecule has 0 aliphatic carbocycles. The van der Waals surface area contributed by atoms with Crippen LogP contribution in [0.4, 0.5) is 0 Å². The lowest BCUT2D eigenvalue weighted by atomic mass is 9.99. The van der Waals surface area contributed by atoms with Gasteiger partial charge in [-0.3, -0.25) is 19.2 Å². The van der Waals surface area contributed by atoms with Crippen molar-refractivity contribution in [2.75, 3.05) is 13.2 Å². The Morgan fingerprint density at radius 3 is 2.02 bits per heavy atom. The molecule has 12 nitrogen and oxygen atoms in total. The lowest BCUT2D eigenvalue weighted by molar-refractivity contribution is -0.133. The normalized spacial score (nSPS) is 13.7. The van der Waals surface area contributed by atoms with E-state index in [1.54, 1.807) is 54.7 Å². The number of aldehydes is 1. The van der Waals surface area contributed by atoms with Gasteiger partial charge in [-0.2, -0.15) is 0 Å². The summed E-state index contributed by atoms with van der Waals surface area (Å²) in [7, 11) is 0. The van der Waals surface area contributed by atoms with E-state index in [1.165, 1.54) is 0 Å². The van der Waals surface area contributed by atoms with E-state index in [1.807, 2.05) is 30.3 Å². The molecule has 0 fully saturated rings. The second-order valence-corrected chi connectivity index (χ2v) is 10.5. The van der Waals surface area contributed by atoms with E-state index in [2.05, 4.69) is 20.9 Å². The van der Waals surface area contributed by atoms with Gasteiger partial charge in [0.2, 0.25) is 17.7 Å². The summed E-state index contributed by atoms with van der Waals surface area (Å²) in [5.74, 6) is -2.45. The van der Waals surface area contributed by atoms with Gasteiger partial charge in [-0.1, -0.05) is 72.8 Å². The SMILES string of the molecule is N[C@H](Cc1ccc(C(=O)c2ccccc2)cc1)C(=O)N[C@H](CO)C(=O)N[C@H](Cc1c[nH]c2ccccc12)C(=O)N[C@@H](C=O)CO. The highest BCUT2D eigenvalue weighted by Crippen LogP contribution is 2.19. The summed E-state index contributed by atoms with van der Waals surface area (Å²) in [4.78, 5) is 66.1. The van der Waals surface area contributed by atoms with Crippen molar-refractivity contribution in [1.29, 1.82) is 0 Å². The Bertz CT molecular complexity index is 1640. The maximum absolute atomic E-state index is 13.2. The number of benzene rings is 3. The fourth-order valence-electron chi connectivity index (χ4n) is 4.78. The number of para-hydroxylation sites is 1. The Morgan fingerprint density at radius 1 is 0.733 bits per heavy atom. The fraction of sp³-hybridized carbons (Fsp3) is 0.242. The minimum Gasteiger partial charge on any atom is -0.394 e. The molecule has 1 heterocycles. The molecule has 0 radical (unpaired) electrons. The molecule has 4 atom stereocenters. The van der Waals surface area contributed by atoms with Crippen LogP contribution in [0.15, 0.2) is 85.1 Å². The van der Waals surface area contributed by atoms with Crippen LogP contribution in [0.3, 0.4) is 0 Å². The molecule has 3 amide bonds. The molecule has 8 N–H and O–H groups in total. The lowest BCUT2D eigenvalue weighted by Crippen LogP contribution is -2.58. The maximum atomic E-state index is 13.2. The van der Waals surface area contributed by atoms with Gasteiger partial charge in [0.15, 0.2) is 5.78 Å². The first-order valence-electron chi connectivity index (χ1n) is 14.3. The smallest absolute Gasteiger partial charge is 0.245 e. The number of rotatable bonds is 15. The standard InChI is InChI=1S/C33H35N5O7/c34-26(14-20-10-12-22(13-11-20)30(42)21-6-2-1-3-7-21)31(43)38-29(19-41)33(45)37-28(32(44)36-24(17-39)18-40)15-23-16-35-27-9-5-4-8-25(23)27/h1-13,16-17,24,26,28-29,35,40-41H,14-15,18-19,34H2,(H,36,44)(H,37,45)(H,38,43)/t24-,26+,28+,29+/m0/s1. The van der Waals surface area contributed by atoms with Crippen molar-refractivity contribution in [1.82, 2.24) is 20.9 Å². The van der Waals surface area contributed by atoms with Gasteiger partial charge in [-0.25, -0.2) is 0 Å². The van der Waals surface area contributed by atoms with E-state index in [9.17, 15) is 34.2 Å². The summed E-state index contributed by atoms with van der Waals surface area (Å²) in [6.45, 7) is -1.42. The van der Waals surface area contributed by atoms with E-state index >= 15 is 0 Å². The minimum absolute atomic E-state index is 0.00692. The quantitative estimate of drug-likeness (QED) is 0.0725. The Kier molecular flexibility index (Phi) is 11.3. The molecule has 0 saturated heterocycles. The Hall–Kier alpha value is -5.17. The molecular formula is C33H35N5O7. The highest BCUT2D eigenvalue weighted by atomic mass is 16.3. The zero-order valence-electron chi connectivity index (χ0n) is 24.3. The third-order valence-electron chi connectivity index (χ3n) is 7.28. The van der Waals surface area contributed by atoms with Crippen LogP contribution in [-0.2, 0) is 32.0 Å². The minimum atomic E-state index is -1.44. The van der Waals surface area contributed by atoms with Gasteiger partial charge in [0, 0.05) is 34.6 Å². The molecule has 0 spiro atoms. The highest BCUT2D eigenvalue weighted by molar-refractivity contribution is 6.09. The first kappa shape index (κ1) is 32.7. The van der Waals surface area contributed by atoms with Gasteiger partial charge in [-0.15, -0.1) is 0 Å². The number of carbonyl (C=O) groups excluding carboxylic acids is 5. The van der Waals surface area contributed by atoms with Crippen LogP contribution in [-0.4, -0.2) is 82.4 Å². The number of ketones is 1. The van der Waals surface area contributed by atoms with Gasteiger partial charge in [0.1, 0.15) is 24.4 Å². The van der Waals surface area contributed by atoms with Crippen molar-refractivity contribution in [2.45, 2.75) is 37.0 Å². The van der Waals surface area contributed by atoms with Crippen molar-refractivity contribution in [3.63, 3.8) is 0 Å². The van der Waals surface area contributed by atoms with Crippen molar-refractivity contribution >= 4 is 40.7 Å². The second kappa shape index (κ2) is 15.5. The zero-order valence-corrected chi connectivity index (χ0v) is 24.3. The summed E-state index contributed by atoms with van der Waals surface area (Å²) in [5, 5.41) is 27.4. The number of carbonyl (C=O) groups is 5. The van der Waals surface area contributed by atoms with Crippen LogP contribution >= 0.6 is 0 Å². The number of aromatic nitrogens is 1. The predicted octanol–water partition coefficient (Wildman–Crippen LogP) is 0.149. The molecular weight excluding hydrogens is 578 g/mol. The zero-order chi connectivity index (χ0) is 32.3. The molecule has 0 aliphatic rings. The first-order chi connectivity index (χ1) is 21.7. The van der Waals surface area contributed by atoms with Gasteiger partial charge >= 0.3 is 0 Å². The van der Waals surface area contributed by atoms with Crippen molar-refractivity contribution in [3.05, 3.63) is 107 Å². The number of aliphatic hydroxyl groups excluding tert-OH is 2. The molecule has 0 bridgehead atoms. The van der Waals surface area contributed by atoms with Crippen LogP contribution in [0.5, 0.6) is 0 Å². The summed E-state index contributed by atoms with van der Waals surface area (Å²) in [5.41, 5.74) is 9.31. The Morgan fingerprint density at radius 2 is 1.36 bits per heavy atom. The average molecular weight is 614 g/mol. The Balaban J connectivity index is 1.40. The predicted molar refractivity (Wildman–Crippen MR) is 166 cm³/mol. The molecule has 4 rings (SSSR count). The van der Waals surface area contributed by atoms with Crippen LogP contribution in [0.1, 0.15) is 27.0 Å². The van der Waals surface area contributed by atoms with Crippen LogP contribution in [0, 0.1) is 0 Å². The van der Waals surface area contributed by atoms with Gasteiger partial charge in [0.25, 0.3) is 0 Å². The molecule has 4 aromatic rings. The molecule has 12 heteroatoms. The molecule has 0 saturated carbocycles.